The lowest BCUT2D eigenvalue weighted by molar-refractivity contribution is -0.140. The first-order valence-electron chi connectivity index (χ1n) is 5.53. The standard InChI is InChI=1S/C12H14N2O3S/c1-8-4-2-3-5-9(8)13-12(17)14-7-18-6-10(14)11(15)16/h2-5,10H,6-7H2,1H3,(H,13,17)(H,15,16)/t10-/m0/s1. The average molecular weight is 266 g/mol. The molecular weight excluding hydrogens is 252 g/mol. The van der Waals surface area contributed by atoms with Crippen LogP contribution in [0, 0.1) is 6.92 Å². The van der Waals surface area contributed by atoms with Crippen LogP contribution < -0.4 is 5.32 Å². The molecule has 1 aromatic carbocycles. The number of nitrogens with zero attached hydrogens (tertiary/aromatic N) is 1. The van der Waals surface area contributed by atoms with Crippen molar-refractivity contribution in [2.24, 2.45) is 0 Å². The van der Waals surface area contributed by atoms with Gasteiger partial charge in [0.05, 0.1) is 5.88 Å². The number of carboxylic acid groups (broad SMARTS) is 1. The highest BCUT2D eigenvalue weighted by Crippen LogP contribution is 2.23. The van der Waals surface area contributed by atoms with Gasteiger partial charge in [-0.25, -0.2) is 9.59 Å². The van der Waals surface area contributed by atoms with Gasteiger partial charge in [0.15, 0.2) is 0 Å². The SMILES string of the molecule is Cc1ccccc1NC(=O)N1CSC[C@H]1C(=O)O. The predicted molar refractivity (Wildman–Crippen MR) is 70.8 cm³/mol. The summed E-state index contributed by atoms with van der Waals surface area (Å²) >= 11 is 1.45. The summed E-state index contributed by atoms with van der Waals surface area (Å²) in [5, 5.41) is 11.8. The summed E-state index contributed by atoms with van der Waals surface area (Å²) in [7, 11) is 0. The number of thioether (sulfide) groups is 1. The van der Waals surface area contributed by atoms with Crippen LogP contribution in [0.1, 0.15) is 5.56 Å². The molecule has 0 aliphatic carbocycles. The maximum atomic E-state index is 12.0. The predicted octanol–water partition coefficient (Wildman–Crippen LogP) is 1.99. The van der Waals surface area contributed by atoms with Crippen molar-refractivity contribution in [2.75, 3.05) is 16.9 Å². The summed E-state index contributed by atoms with van der Waals surface area (Å²) in [6.45, 7) is 1.89. The molecule has 0 saturated carbocycles. The number of anilines is 1. The van der Waals surface area contributed by atoms with Gasteiger partial charge in [0.1, 0.15) is 6.04 Å². The molecule has 2 rings (SSSR count). The number of rotatable bonds is 2. The maximum absolute atomic E-state index is 12.0. The molecule has 2 amide bonds. The Kier molecular flexibility index (Phi) is 3.76. The zero-order chi connectivity index (χ0) is 13.1. The molecular formula is C12H14N2O3S. The van der Waals surface area contributed by atoms with E-state index in [0.717, 1.165) is 5.56 Å². The number of para-hydroxylation sites is 1. The maximum Gasteiger partial charge on any atom is 0.327 e. The molecule has 2 N–H and O–H groups in total. The Morgan fingerprint density at radius 3 is 2.83 bits per heavy atom. The van der Waals surface area contributed by atoms with Crippen molar-refractivity contribution in [1.29, 1.82) is 0 Å². The van der Waals surface area contributed by atoms with Gasteiger partial charge in [0, 0.05) is 11.4 Å². The highest BCUT2D eigenvalue weighted by Gasteiger charge is 2.34. The van der Waals surface area contributed by atoms with E-state index in [4.69, 9.17) is 5.11 Å². The zero-order valence-electron chi connectivity index (χ0n) is 9.92. The summed E-state index contributed by atoms with van der Waals surface area (Å²) in [5.41, 5.74) is 1.66. The van der Waals surface area contributed by atoms with Gasteiger partial charge in [-0.05, 0) is 18.6 Å². The normalized spacial score (nSPS) is 18.7. The molecule has 0 bridgehead atoms. The Balaban J connectivity index is 2.08. The lowest BCUT2D eigenvalue weighted by Crippen LogP contribution is -2.44. The van der Waals surface area contributed by atoms with E-state index in [2.05, 4.69) is 5.32 Å². The van der Waals surface area contributed by atoms with Crippen LogP contribution in [0.5, 0.6) is 0 Å². The number of hydrogen-bond acceptors (Lipinski definition) is 3. The van der Waals surface area contributed by atoms with Crippen molar-refractivity contribution in [1.82, 2.24) is 4.90 Å². The van der Waals surface area contributed by atoms with Crippen LogP contribution in [-0.4, -0.2) is 39.7 Å². The molecule has 0 unspecified atom stereocenters. The van der Waals surface area contributed by atoms with E-state index in [0.29, 0.717) is 17.3 Å². The minimum atomic E-state index is -0.958. The first-order chi connectivity index (χ1) is 8.59. The van der Waals surface area contributed by atoms with E-state index in [1.54, 1.807) is 6.07 Å². The summed E-state index contributed by atoms with van der Waals surface area (Å²) in [6.07, 6.45) is 0. The number of amides is 2. The molecule has 0 aromatic heterocycles. The number of urea groups is 1. The minimum absolute atomic E-state index is 0.360. The average Bonchev–Trinajstić information content (AvgIpc) is 2.81. The molecule has 1 aromatic rings. The van der Waals surface area contributed by atoms with Gasteiger partial charge in [0.2, 0.25) is 0 Å². The van der Waals surface area contributed by atoms with Crippen LogP contribution in [0.2, 0.25) is 0 Å². The molecule has 1 atom stereocenters. The number of aryl methyl sites for hydroxylation is 1. The highest BCUT2D eigenvalue weighted by atomic mass is 32.2. The second-order valence-electron chi connectivity index (χ2n) is 4.07. The lowest BCUT2D eigenvalue weighted by Gasteiger charge is -2.21. The fourth-order valence-electron chi connectivity index (χ4n) is 1.75. The smallest absolute Gasteiger partial charge is 0.327 e. The van der Waals surface area contributed by atoms with Gasteiger partial charge >= 0.3 is 12.0 Å². The molecule has 1 saturated heterocycles. The van der Waals surface area contributed by atoms with Crippen LogP contribution in [0.15, 0.2) is 24.3 Å². The Hall–Kier alpha value is -1.69. The quantitative estimate of drug-likeness (QED) is 0.859. The Morgan fingerprint density at radius 1 is 1.44 bits per heavy atom. The van der Waals surface area contributed by atoms with Gasteiger partial charge in [-0.2, -0.15) is 0 Å². The van der Waals surface area contributed by atoms with Gasteiger partial charge in [-0.1, -0.05) is 18.2 Å². The van der Waals surface area contributed by atoms with Crippen LogP contribution in [0.3, 0.4) is 0 Å². The Labute approximate surface area is 109 Å². The third-order valence-electron chi connectivity index (χ3n) is 2.81. The number of nitrogens with one attached hydrogen (secondary N) is 1. The van der Waals surface area contributed by atoms with Crippen LogP contribution in [0.25, 0.3) is 0 Å². The van der Waals surface area contributed by atoms with E-state index in [-0.39, 0.29) is 6.03 Å². The molecule has 1 aliphatic rings. The summed E-state index contributed by atoms with van der Waals surface area (Å²) in [4.78, 5) is 24.4. The number of carbonyl (C=O) groups excluding carboxylic acids is 1. The largest absolute Gasteiger partial charge is 0.480 e. The molecule has 1 heterocycles. The van der Waals surface area contributed by atoms with Crippen molar-refractivity contribution in [2.45, 2.75) is 13.0 Å². The van der Waals surface area contributed by atoms with Crippen molar-refractivity contribution < 1.29 is 14.7 Å². The molecule has 18 heavy (non-hydrogen) atoms. The zero-order valence-corrected chi connectivity index (χ0v) is 10.7. The first kappa shape index (κ1) is 12.8. The second-order valence-corrected chi connectivity index (χ2v) is 5.07. The van der Waals surface area contributed by atoms with Crippen molar-refractivity contribution in [3.8, 4) is 0 Å². The minimum Gasteiger partial charge on any atom is -0.480 e. The van der Waals surface area contributed by atoms with Crippen molar-refractivity contribution >= 4 is 29.4 Å². The van der Waals surface area contributed by atoms with E-state index in [1.807, 2.05) is 25.1 Å². The lowest BCUT2D eigenvalue weighted by atomic mass is 10.2. The third kappa shape index (κ3) is 2.59. The van der Waals surface area contributed by atoms with Gasteiger partial charge in [0.25, 0.3) is 0 Å². The van der Waals surface area contributed by atoms with E-state index >= 15 is 0 Å². The fourth-order valence-corrected chi connectivity index (χ4v) is 2.89. The Bertz CT molecular complexity index is 478. The second kappa shape index (κ2) is 5.30. The van der Waals surface area contributed by atoms with Crippen LogP contribution in [-0.2, 0) is 4.79 Å². The highest BCUT2D eigenvalue weighted by molar-refractivity contribution is 7.99. The van der Waals surface area contributed by atoms with Gasteiger partial charge in [-0.15, -0.1) is 11.8 Å². The van der Waals surface area contributed by atoms with Crippen molar-refractivity contribution in [3.05, 3.63) is 29.8 Å². The van der Waals surface area contributed by atoms with Crippen LogP contribution in [0.4, 0.5) is 10.5 Å². The number of carboxylic acids is 1. The van der Waals surface area contributed by atoms with Crippen molar-refractivity contribution in [3.63, 3.8) is 0 Å². The topological polar surface area (TPSA) is 69.6 Å². The molecule has 6 heteroatoms. The summed E-state index contributed by atoms with van der Waals surface area (Å²) < 4.78 is 0. The molecule has 0 radical (unpaired) electrons. The molecule has 1 fully saturated rings. The number of carbonyl (C=O) groups is 2. The van der Waals surface area contributed by atoms with Crippen LogP contribution >= 0.6 is 11.8 Å². The number of hydrogen-bond donors (Lipinski definition) is 2. The van der Waals surface area contributed by atoms with E-state index in [1.165, 1.54) is 16.7 Å². The molecule has 0 spiro atoms. The number of aliphatic carboxylic acids is 1. The number of benzene rings is 1. The summed E-state index contributed by atoms with van der Waals surface area (Å²) in [6, 6.07) is 6.31. The van der Waals surface area contributed by atoms with Gasteiger partial charge < -0.3 is 15.3 Å². The summed E-state index contributed by atoms with van der Waals surface area (Å²) in [5.74, 6) is -0.106. The molecule has 1 aliphatic heterocycles. The Morgan fingerprint density at radius 2 is 2.17 bits per heavy atom. The molecule has 96 valence electrons. The fraction of sp³-hybridized carbons (Fsp3) is 0.333. The van der Waals surface area contributed by atoms with Gasteiger partial charge in [-0.3, -0.25) is 0 Å². The first-order valence-corrected chi connectivity index (χ1v) is 6.69. The monoisotopic (exact) mass is 266 g/mol. The van der Waals surface area contributed by atoms with E-state index in [9.17, 15) is 9.59 Å². The third-order valence-corrected chi connectivity index (χ3v) is 3.83. The van der Waals surface area contributed by atoms with E-state index < -0.39 is 12.0 Å². The molecule has 5 nitrogen and oxygen atoms in total.